The average molecular weight is 423 g/mol. The molecule has 8 nitrogen and oxygen atoms in total. The zero-order valence-electron chi connectivity index (χ0n) is 15.6. The van der Waals surface area contributed by atoms with Crippen molar-refractivity contribution in [2.24, 2.45) is 0 Å². The van der Waals surface area contributed by atoms with Crippen molar-refractivity contribution in [3.8, 4) is 5.75 Å². The zero-order chi connectivity index (χ0) is 22.0. The maximum Gasteiger partial charge on any atom is 0.272 e. The maximum atomic E-state index is 13.8. The fraction of sp³-hybridized carbons (Fsp3) is 0.316. The predicted molar refractivity (Wildman–Crippen MR) is 95.4 cm³/mol. The molecule has 0 saturated carbocycles. The van der Waals surface area contributed by atoms with E-state index in [4.69, 9.17) is 0 Å². The van der Waals surface area contributed by atoms with E-state index in [0.29, 0.717) is 12.1 Å². The molecule has 4 rings (SSSR count). The van der Waals surface area contributed by atoms with Crippen molar-refractivity contribution in [2.75, 3.05) is 6.54 Å². The smallest absolute Gasteiger partial charge is 0.272 e. The number of aromatic hydroxyl groups is 1. The summed E-state index contributed by atoms with van der Waals surface area (Å²) in [6.45, 7) is 1.05. The van der Waals surface area contributed by atoms with Gasteiger partial charge in [-0.15, -0.1) is 0 Å². The molecule has 0 spiro atoms. The van der Waals surface area contributed by atoms with Gasteiger partial charge in [-0.2, -0.15) is 0 Å². The van der Waals surface area contributed by atoms with Crippen LogP contribution in [-0.4, -0.2) is 33.1 Å². The monoisotopic (exact) mass is 423 g/mol. The number of nitrogens with one attached hydrogen (secondary N) is 2. The molecule has 2 atom stereocenters. The number of aliphatic hydroxyl groups is 1. The zero-order valence-corrected chi connectivity index (χ0v) is 15.6. The summed E-state index contributed by atoms with van der Waals surface area (Å²) in [4.78, 5) is 37.6. The Morgan fingerprint density at radius 2 is 1.93 bits per heavy atom. The molecule has 3 heterocycles. The quantitative estimate of drug-likeness (QED) is 0.582. The second-order valence-electron chi connectivity index (χ2n) is 7.55. The number of carbonyl (C=O) groups excluding carboxylic acids is 2. The lowest BCUT2D eigenvalue weighted by atomic mass is 9.96. The largest absolute Gasteiger partial charge is 0.503 e. The first-order valence-corrected chi connectivity index (χ1v) is 8.95. The number of hydrogen-bond donors (Lipinski definition) is 4. The molecule has 2 unspecified atom stereocenters. The van der Waals surface area contributed by atoms with Gasteiger partial charge in [-0.1, -0.05) is 0 Å². The molecule has 4 N–H and O–H groups in total. The summed E-state index contributed by atoms with van der Waals surface area (Å²) in [5.74, 6) is -6.41. The Morgan fingerprint density at radius 3 is 2.57 bits per heavy atom. The first-order valence-electron chi connectivity index (χ1n) is 8.95. The molecule has 2 aromatic rings. The van der Waals surface area contributed by atoms with Crippen molar-refractivity contribution < 1.29 is 33.0 Å². The number of carbonyl (C=O) groups is 2. The van der Waals surface area contributed by atoms with Gasteiger partial charge in [-0.3, -0.25) is 14.4 Å². The molecule has 0 saturated heterocycles. The van der Waals surface area contributed by atoms with Crippen LogP contribution in [0.5, 0.6) is 5.75 Å². The summed E-state index contributed by atoms with van der Waals surface area (Å²) < 4.78 is 41.9. The van der Waals surface area contributed by atoms with Crippen molar-refractivity contribution in [3.63, 3.8) is 0 Å². The van der Waals surface area contributed by atoms with Crippen LogP contribution in [0.25, 0.3) is 0 Å². The number of aliphatic hydroxyl groups excluding tert-OH is 1. The van der Waals surface area contributed by atoms with Crippen molar-refractivity contribution in [2.45, 2.75) is 31.5 Å². The van der Waals surface area contributed by atoms with Crippen LogP contribution < -0.4 is 16.1 Å². The number of nitrogens with zero attached hydrogens (tertiary/aromatic N) is 1. The van der Waals surface area contributed by atoms with Gasteiger partial charge in [0.1, 0.15) is 23.0 Å². The Balaban J connectivity index is 1.79. The van der Waals surface area contributed by atoms with Gasteiger partial charge in [-0.25, -0.2) is 13.2 Å². The van der Waals surface area contributed by atoms with Crippen LogP contribution in [0.4, 0.5) is 13.2 Å². The number of halogens is 3. The van der Waals surface area contributed by atoms with E-state index in [1.165, 1.54) is 4.57 Å². The molecular formula is C19H16F3N3O5. The molecule has 1 aromatic heterocycles. The minimum Gasteiger partial charge on any atom is -0.503 e. The highest BCUT2D eigenvalue weighted by atomic mass is 19.1. The lowest BCUT2D eigenvalue weighted by molar-refractivity contribution is 0.0861. The van der Waals surface area contributed by atoms with E-state index in [2.05, 4.69) is 10.6 Å². The molecule has 2 aliphatic heterocycles. The number of rotatable bonds is 3. The summed E-state index contributed by atoms with van der Waals surface area (Å²) in [5.41, 5.74) is -3.89. The fourth-order valence-corrected chi connectivity index (χ4v) is 4.09. The molecule has 2 amide bonds. The van der Waals surface area contributed by atoms with E-state index in [0.717, 1.165) is 0 Å². The molecule has 0 aliphatic carbocycles. The van der Waals surface area contributed by atoms with Crippen LogP contribution in [0, 0.1) is 17.5 Å². The Labute approximate surface area is 166 Å². The van der Waals surface area contributed by atoms with Gasteiger partial charge >= 0.3 is 0 Å². The maximum absolute atomic E-state index is 13.8. The third-order valence-electron chi connectivity index (χ3n) is 5.48. The van der Waals surface area contributed by atoms with Crippen molar-refractivity contribution >= 4 is 11.8 Å². The van der Waals surface area contributed by atoms with Crippen LogP contribution in [0.2, 0.25) is 0 Å². The summed E-state index contributed by atoms with van der Waals surface area (Å²) in [5, 5.41) is 25.5. The van der Waals surface area contributed by atoms with Gasteiger partial charge in [0.15, 0.2) is 11.4 Å². The Bertz CT molecular complexity index is 1160. The summed E-state index contributed by atoms with van der Waals surface area (Å²) in [6.07, 6.45) is -1.24. The summed E-state index contributed by atoms with van der Waals surface area (Å²) >= 11 is 0. The van der Waals surface area contributed by atoms with Gasteiger partial charge in [0.2, 0.25) is 5.43 Å². The highest BCUT2D eigenvalue weighted by molar-refractivity contribution is 6.00. The van der Waals surface area contributed by atoms with Crippen molar-refractivity contribution in [3.05, 3.63) is 62.3 Å². The van der Waals surface area contributed by atoms with Crippen LogP contribution >= 0.6 is 0 Å². The lowest BCUT2D eigenvalue weighted by Crippen LogP contribution is -2.50. The predicted octanol–water partition coefficient (Wildman–Crippen LogP) is 0.797. The highest BCUT2D eigenvalue weighted by Crippen LogP contribution is 2.43. The third-order valence-corrected chi connectivity index (χ3v) is 5.48. The van der Waals surface area contributed by atoms with E-state index in [9.17, 15) is 37.8 Å². The molecule has 2 aliphatic rings. The van der Waals surface area contributed by atoms with Crippen LogP contribution in [0.15, 0.2) is 16.9 Å². The Hall–Kier alpha value is -3.34. The fourth-order valence-electron chi connectivity index (χ4n) is 4.09. The summed E-state index contributed by atoms with van der Waals surface area (Å²) in [7, 11) is 0. The average Bonchev–Trinajstić information content (AvgIpc) is 2.91. The Kier molecular flexibility index (Phi) is 4.38. The van der Waals surface area contributed by atoms with Gasteiger partial charge in [-0.05, 0) is 6.92 Å². The minimum atomic E-state index is -1.30. The van der Waals surface area contributed by atoms with E-state index in [1.54, 1.807) is 6.92 Å². The molecule has 0 bridgehead atoms. The number of hydrogen-bond acceptors (Lipinski definition) is 5. The molecule has 30 heavy (non-hydrogen) atoms. The molecule has 0 radical (unpaired) electrons. The van der Waals surface area contributed by atoms with E-state index in [-0.39, 0.29) is 24.4 Å². The minimum absolute atomic E-state index is 0.0602. The Morgan fingerprint density at radius 1 is 1.30 bits per heavy atom. The number of amides is 2. The van der Waals surface area contributed by atoms with E-state index >= 15 is 0 Å². The number of pyridine rings is 1. The summed E-state index contributed by atoms with van der Waals surface area (Å²) in [6, 6.07) is 0.884. The molecule has 158 valence electrons. The van der Waals surface area contributed by atoms with Gasteiger partial charge in [0.05, 0.1) is 17.3 Å². The van der Waals surface area contributed by atoms with E-state index < -0.39 is 69.8 Å². The first-order chi connectivity index (χ1) is 14.0. The molecule has 0 fully saturated rings. The van der Waals surface area contributed by atoms with Crippen molar-refractivity contribution in [1.82, 2.24) is 15.2 Å². The van der Waals surface area contributed by atoms with Crippen molar-refractivity contribution in [1.29, 1.82) is 0 Å². The topological polar surface area (TPSA) is 121 Å². The first kappa shape index (κ1) is 20.0. The second kappa shape index (κ2) is 6.59. The van der Waals surface area contributed by atoms with Crippen LogP contribution in [0.1, 0.15) is 51.6 Å². The second-order valence-corrected chi connectivity index (χ2v) is 7.55. The highest BCUT2D eigenvalue weighted by Gasteiger charge is 2.48. The SMILES string of the molecule is CC12CNC(=O)c3c(O)c(=O)c(C(=O)NCc4c(F)cc(F)cc4F)c(n31)C(O)C2. The number of aromatic nitrogens is 1. The van der Waals surface area contributed by atoms with Crippen LogP contribution in [0.3, 0.4) is 0 Å². The molecule has 1 aromatic carbocycles. The van der Waals surface area contributed by atoms with Gasteiger partial charge < -0.3 is 25.4 Å². The van der Waals surface area contributed by atoms with E-state index in [1.807, 2.05) is 0 Å². The molecule has 11 heteroatoms. The lowest BCUT2D eigenvalue weighted by Gasteiger charge is -2.35. The van der Waals surface area contributed by atoms with Crippen LogP contribution in [-0.2, 0) is 12.1 Å². The standard InChI is InChI=1S/C19H16F3N3O5/c1-19-4-11(26)13-12(15(27)16(28)14(25(13)19)18(30)24-6-19)17(29)23-5-8-9(21)2-7(20)3-10(8)22/h2-3,11,26,28H,4-6H2,1H3,(H,23,29)(H,24,30). The normalized spacial score (nSPS) is 21.9. The number of benzene rings is 1. The van der Waals surface area contributed by atoms with Gasteiger partial charge in [0.25, 0.3) is 11.8 Å². The molecular weight excluding hydrogens is 407 g/mol. The third kappa shape index (κ3) is 2.76. The van der Waals surface area contributed by atoms with Gasteiger partial charge in [0, 0.05) is 37.2 Å².